The van der Waals surface area contributed by atoms with Crippen LogP contribution >= 0.6 is 0 Å². The lowest BCUT2D eigenvalue weighted by Gasteiger charge is -2.32. The summed E-state index contributed by atoms with van der Waals surface area (Å²) < 4.78 is 5.32. The number of morpholine rings is 1. The summed E-state index contributed by atoms with van der Waals surface area (Å²) in [5.41, 5.74) is 0. The van der Waals surface area contributed by atoms with Crippen molar-refractivity contribution in [3.05, 3.63) is 0 Å². The predicted molar refractivity (Wildman–Crippen MR) is 40.7 cm³/mol. The summed E-state index contributed by atoms with van der Waals surface area (Å²) in [4.78, 5) is 2.18. The van der Waals surface area contributed by atoms with Gasteiger partial charge in [-0.05, 0) is 17.5 Å². The lowest BCUT2D eigenvalue weighted by molar-refractivity contribution is -0.00246. The molecule has 12 heavy (non-hydrogen) atoms. The zero-order chi connectivity index (χ0) is 8.39. The molecule has 2 rings (SSSR count). The van der Waals surface area contributed by atoms with E-state index in [0.717, 1.165) is 13.2 Å². The second-order valence-corrected chi connectivity index (χ2v) is 2.95. The summed E-state index contributed by atoms with van der Waals surface area (Å²) >= 11 is 0. The van der Waals surface area contributed by atoms with Crippen LogP contribution in [0.3, 0.4) is 0 Å². The minimum absolute atomic E-state index is 0.157. The van der Waals surface area contributed by atoms with Crippen LogP contribution < -0.4 is 0 Å². The molecule has 0 aliphatic carbocycles. The fraction of sp³-hybridized carbons (Fsp3) is 1.00. The van der Waals surface area contributed by atoms with Gasteiger partial charge in [0.25, 0.3) is 0 Å². The van der Waals surface area contributed by atoms with Gasteiger partial charge in [-0.15, -0.1) is 10.2 Å². The molecule has 0 N–H and O–H groups in total. The Morgan fingerprint density at radius 1 is 1.33 bits per heavy atom. The quantitative estimate of drug-likeness (QED) is 0.573. The lowest BCUT2D eigenvalue weighted by Crippen LogP contribution is -2.48. The van der Waals surface area contributed by atoms with Crippen molar-refractivity contribution in [1.29, 1.82) is 0 Å². The molecule has 0 amide bonds. The maximum atomic E-state index is 5.32. The predicted octanol–water partition coefficient (Wildman–Crippen LogP) is 0.476. The molecule has 1 fully saturated rings. The molecule has 1 saturated heterocycles. The smallest absolute Gasteiger partial charge is 0.202 e. The van der Waals surface area contributed by atoms with Crippen LogP contribution in [0.4, 0.5) is 0 Å². The summed E-state index contributed by atoms with van der Waals surface area (Å²) in [6.45, 7) is 2.37. The van der Waals surface area contributed by atoms with Crippen LogP contribution in [0.5, 0.6) is 0 Å². The van der Waals surface area contributed by atoms with Gasteiger partial charge in [-0.3, -0.25) is 4.90 Å². The molecule has 66 valence electrons. The van der Waals surface area contributed by atoms with Crippen LogP contribution in [-0.4, -0.2) is 43.9 Å². The molecule has 0 spiro atoms. The number of hydrogen-bond acceptors (Lipinski definition) is 6. The second-order valence-electron chi connectivity index (χ2n) is 2.95. The zero-order valence-corrected chi connectivity index (χ0v) is 6.92. The molecule has 0 aromatic rings. The molecule has 2 aliphatic heterocycles. The lowest BCUT2D eigenvalue weighted by atomic mass is 10.2. The average molecular weight is 169 g/mol. The minimum Gasteiger partial charge on any atom is -0.378 e. The number of rotatable bonds is 1. The molecule has 2 aliphatic rings. The monoisotopic (exact) mass is 169 g/mol. The molecule has 1 unspecified atom stereocenters. The van der Waals surface area contributed by atoms with E-state index in [1.807, 2.05) is 7.05 Å². The van der Waals surface area contributed by atoms with Crippen molar-refractivity contribution >= 4 is 0 Å². The molecular formula is C6H11N5O. The Labute approximate surface area is 70.3 Å². The van der Waals surface area contributed by atoms with Gasteiger partial charge in [0.1, 0.15) is 0 Å². The van der Waals surface area contributed by atoms with E-state index in [1.54, 1.807) is 0 Å². The summed E-state index contributed by atoms with van der Waals surface area (Å²) in [5.74, 6) is 0. The molecule has 1 atom stereocenters. The third kappa shape index (κ3) is 1.35. The zero-order valence-electron chi connectivity index (χ0n) is 6.92. The Bertz CT molecular complexity index is 204. The molecule has 6 heteroatoms. The standard InChI is InChI=1S/C6H11N5O/c1-11-2-3-12-4-5(11)6-7-9-10-8-6/h5-6H,2-4H2,1H3. The van der Waals surface area contributed by atoms with Crippen molar-refractivity contribution in [2.45, 2.75) is 12.2 Å². The van der Waals surface area contributed by atoms with Crippen LogP contribution in [0, 0.1) is 0 Å². The van der Waals surface area contributed by atoms with E-state index >= 15 is 0 Å². The maximum absolute atomic E-state index is 5.32. The third-order valence-electron chi connectivity index (χ3n) is 2.17. The van der Waals surface area contributed by atoms with Gasteiger partial charge in [-0.2, -0.15) is 0 Å². The first kappa shape index (κ1) is 7.75. The van der Waals surface area contributed by atoms with E-state index in [4.69, 9.17) is 4.74 Å². The van der Waals surface area contributed by atoms with Gasteiger partial charge in [0.05, 0.1) is 19.3 Å². The molecule has 0 aromatic heterocycles. The van der Waals surface area contributed by atoms with Gasteiger partial charge >= 0.3 is 0 Å². The fourth-order valence-corrected chi connectivity index (χ4v) is 1.35. The van der Waals surface area contributed by atoms with Crippen LogP contribution in [0.15, 0.2) is 20.7 Å². The van der Waals surface area contributed by atoms with Crippen LogP contribution in [-0.2, 0) is 4.74 Å². The van der Waals surface area contributed by atoms with Crippen molar-refractivity contribution < 1.29 is 4.74 Å². The van der Waals surface area contributed by atoms with E-state index in [1.165, 1.54) is 0 Å². The van der Waals surface area contributed by atoms with Crippen molar-refractivity contribution in [3.8, 4) is 0 Å². The Balaban J connectivity index is 2.00. The van der Waals surface area contributed by atoms with Gasteiger partial charge in [0.2, 0.25) is 6.17 Å². The first-order valence-electron chi connectivity index (χ1n) is 3.96. The summed E-state index contributed by atoms with van der Waals surface area (Å²) in [6, 6.07) is 0.203. The number of hydrogen-bond donors (Lipinski definition) is 0. The summed E-state index contributed by atoms with van der Waals surface area (Å²) in [7, 11) is 2.04. The highest BCUT2D eigenvalue weighted by atomic mass is 16.5. The third-order valence-corrected chi connectivity index (χ3v) is 2.17. The first-order chi connectivity index (χ1) is 5.88. The van der Waals surface area contributed by atoms with E-state index in [9.17, 15) is 0 Å². The van der Waals surface area contributed by atoms with Gasteiger partial charge in [0.15, 0.2) is 0 Å². The molecule has 2 heterocycles. The van der Waals surface area contributed by atoms with Gasteiger partial charge in [-0.25, -0.2) is 0 Å². The Kier molecular flexibility index (Phi) is 2.09. The van der Waals surface area contributed by atoms with E-state index in [2.05, 4.69) is 25.6 Å². The normalized spacial score (nSPS) is 31.6. The van der Waals surface area contributed by atoms with E-state index < -0.39 is 0 Å². The minimum atomic E-state index is -0.157. The highest BCUT2D eigenvalue weighted by molar-refractivity contribution is 4.83. The van der Waals surface area contributed by atoms with Gasteiger partial charge < -0.3 is 4.74 Å². The van der Waals surface area contributed by atoms with Crippen molar-refractivity contribution in [2.75, 3.05) is 26.8 Å². The van der Waals surface area contributed by atoms with Crippen LogP contribution in [0.25, 0.3) is 0 Å². The van der Waals surface area contributed by atoms with Crippen LogP contribution in [0.1, 0.15) is 0 Å². The first-order valence-corrected chi connectivity index (χ1v) is 3.96. The molecular weight excluding hydrogens is 158 g/mol. The number of nitrogens with zero attached hydrogens (tertiary/aromatic N) is 5. The Hall–Kier alpha value is -0.880. The Morgan fingerprint density at radius 3 is 2.75 bits per heavy atom. The number of likely N-dealkylation sites (N-methyl/N-ethyl adjacent to an activating group) is 1. The van der Waals surface area contributed by atoms with Crippen LogP contribution in [0.2, 0.25) is 0 Å². The molecule has 0 saturated carbocycles. The maximum Gasteiger partial charge on any atom is 0.202 e. The fourth-order valence-electron chi connectivity index (χ4n) is 1.35. The van der Waals surface area contributed by atoms with Crippen molar-refractivity contribution in [3.63, 3.8) is 0 Å². The average Bonchev–Trinajstić information content (AvgIpc) is 2.57. The topological polar surface area (TPSA) is 61.9 Å². The number of ether oxygens (including phenoxy) is 1. The highest BCUT2D eigenvalue weighted by Crippen LogP contribution is 2.16. The van der Waals surface area contributed by atoms with E-state index in [0.29, 0.717) is 6.61 Å². The summed E-state index contributed by atoms with van der Waals surface area (Å²) in [6.07, 6.45) is -0.157. The largest absolute Gasteiger partial charge is 0.378 e. The molecule has 0 bridgehead atoms. The van der Waals surface area contributed by atoms with Gasteiger partial charge in [-0.1, -0.05) is 0 Å². The Morgan fingerprint density at radius 2 is 2.08 bits per heavy atom. The molecule has 0 aromatic carbocycles. The molecule has 0 radical (unpaired) electrons. The molecule has 6 nitrogen and oxygen atoms in total. The van der Waals surface area contributed by atoms with Crippen molar-refractivity contribution in [1.82, 2.24) is 4.90 Å². The highest BCUT2D eigenvalue weighted by Gasteiger charge is 2.29. The SMILES string of the molecule is CN1CCOCC1C1N=NN=N1. The van der Waals surface area contributed by atoms with E-state index in [-0.39, 0.29) is 12.2 Å². The summed E-state index contributed by atoms with van der Waals surface area (Å²) in [5, 5.41) is 14.7. The van der Waals surface area contributed by atoms with Gasteiger partial charge in [0, 0.05) is 6.54 Å². The van der Waals surface area contributed by atoms with Crippen molar-refractivity contribution in [2.24, 2.45) is 20.7 Å². The second kappa shape index (κ2) is 3.24.